The molecule has 0 bridgehead atoms. The molecule has 0 atom stereocenters. The van der Waals surface area contributed by atoms with Gasteiger partial charge in [0.1, 0.15) is 0 Å². The van der Waals surface area contributed by atoms with Gasteiger partial charge < -0.3 is 10.4 Å². The fourth-order valence-corrected chi connectivity index (χ4v) is 2.14. The van der Waals surface area contributed by atoms with Crippen molar-refractivity contribution in [3.63, 3.8) is 0 Å². The molecule has 0 saturated carbocycles. The van der Waals surface area contributed by atoms with Crippen molar-refractivity contribution in [3.05, 3.63) is 64.7 Å². The number of hydrogen-bond acceptors (Lipinski definition) is 2. The summed E-state index contributed by atoms with van der Waals surface area (Å²) in [5.74, 6) is -1.25. The molecule has 4 heteroatoms. The van der Waals surface area contributed by atoms with Crippen LogP contribution in [-0.4, -0.2) is 17.0 Å². The number of rotatable bonds is 4. The molecule has 0 heterocycles. The highest BCUT2D eigenvalue weighted by Gasteiger charge is 2.13. The zero-order chi connectivity index (χ0) is 15.4. The van der Waals surface area contributed by atoms with Crippen LogP contribution < -0.4 is 5.32 Å². The van der Waals surface area contributed by atoms with Crippen LogP contribution >= 0.6 is 0 Å². The highest BCUT2D eigenvalue weighted by atomic mass is 16.4. The van der Waals surface area contributed by atoms with E-state index in [1.54, 1.807) is 18.2 Å². The van der Waals surface area contributed by atoms with Crippen LogP contribution in [0.3, 0.4) is 0 Å². The van der Waals surface area contributed by atoms with Crippen molar-refractivity contribution in [2.24, 2.45) is 0 Å². The molecule has 21 heavy (non-hydrogen) atoms. The minimum atomic E-state index is -1.02. The van der Waals surface area contributed by atoms with Gasteiger partial charge in [0.2, 0.25) is 5.91 Å². The van der Waals surface area contributed by atoms with Gasteiger partial charge in [-0.1, -0.05) is 30.3 Å². The van der Waals surface area contributed by atoms with Crippen LogP contribution in [0.15, 0.2) is 42.5 Å². The summed E-state index contributed by atoms with van der Waals surface area (Å²) in [6.07, 6.45) is 0.0376. The van der Waals surface area contributed by atoms with E-state index in [-0.39, 0.29) is 17.9 Å². The molecule has 108 valence electrons. The normalized spacial score (nSPS) is 10.2. The van der Waals surface area contributed by atoms with Crippen molar-refractivity contribution in [2.45, 2.75) is 20.3 Å². The topological polar surface area (TPSA) is 66.4 Å². The molecule has 2 aromatic rings. The van der Waals surface area contributed by atoms with E-state index in [2.05, 4.69) is 5.32 Å². The smallest absolute Gasteiger partial charge is 0.335 e. The van der Waals surface area contributed by atoms with Crippen LogP contribution in [0.5, 0.6) is 0 Å². The van der Waals surface area contributed by atoms with Gasteiger partial charge in [0, 0.05) is 5.69 Å². The Morgan fingerprint density at radius 1 is 1.05 bits per heavy atom. The van der Waals surface area contributed by atoms with Gasteiger partial charge in [0.15, 0.2) is 0 Å². The summed E-state index contributed by atoms with van der Waals surface area (Å²) in [5.41, 5.74) is 3.53. The Labute approximate surface area is 123 Å². The van der Waals surface area contributed by atoms with Crippen LogP contribution in [0.25, 0.3) is 0 Å². The summed E-state index contributed by atoms with van der Waals surface area (Å²) in [6.45, 7) is 3.92. The number of nitrogens with one attached hydrogen (secondary N) is 1. The van der Waals surface area contributed by atoms with Gasteiger partial charge in [-0.15, -0.1) is 0 Å². The average molecular weight is 283 g/mol. The Balaban J connectivity index is 2.16. The molecule has 0 unspecified atom stereocenters. The molecule has 2 N–H and O–H groups in total. The fourth-order valence-electron chi connectivity index (χ4n) is 2.14. The summed E-state index contributed by atoms with van der Waals surface area (Å²) in [7, 11) is 0. The molecule has 0 aromatic heterocycles. The molecule has 0 aliphatic heterocycles. The highest BCUT2D eigenvalue weighted by Crippen LogP contribution is 2.18. The summed E-state index contributed by atoms with van der Waals surface area (Å²) in [5, 5.41) is 12.0. The van der Waals surface area contributed by atoms with E-state index in [0.717, 1.165) is 16.8 Å². The molecule has 0 radical (unpaired) electrons. The molecule has 1 amide bonds. The molecular formula is C17H17NO3. The van der Waals surface area contributed by atoms with E-state index in [4.69, 9.17) is 5.11 Å². The van der Waals surface area contributed by atoms with Crippen molar-refractivity contribution in [3.8, 4) is 0 Å². The summed E-state index contributed by atoms with van der Waals surface area (Å²) < 4.78 is 0. The lowest BCUT2D eigenvalue weighted by Gasteiger charge is -2.11. The summed E-state index contributed by atoms with van der Waals surface area (Å²) in [6, 6.07) is 12.2. The van der Waals surface area contributed by atoms with Crippen molar-refractivity contribution in [1.29, 1.82) is 0 Å². The monoisotopic (exact) mass is 283 g/mol. The first-order valence-electron chi connectivity index (χ1n) is 6.66. The number of carbonyl (C=O) groups excluding carboxylic acids is 1. The lowest BCUT2D eigenvalue weighted by Crippen LogP contribution is -2.17. The number of carboxylic acids is 1. The number of amides is 1. The Morgan fingerprint density at radius 2 is 1.76 bits per heavy atom. The van der Waals surface area contributed by atoms with Gasteiger partial charge in [-0.3, -0.25) is 4.79 Å². The molecule has 0 fully saturated rings. The van der Waals surface area contributed by atoms with Crippen molar-refractivity contribution >= 4 is 17.6 Å². The number of carbonyl (C=O) groups is 2. The predicted molar refractivity (Wildman–Crippen MR) is 81.7 cm³/mol. The van der Waals surface area contributed by atoms with Crippen LogP contribution in [-0.2, 0) is 11.2 Å². The first kappa shape index (κ1) is 14.8. The minimum absolute atomic E-state index is 0.0376. The van der Waals surface area contributed by atoms with Gasteiger partial charge in [0.05, 0.1) is 12.0 Å². The van der Waals surface area contributed by atoms with Gasteiger partial charge in [-0.25, -0.2) is 4.79 Å². The molecular weight excluding hydrogens is 266 g/mol. The second-order valence-corrected chi connectivity index (χ2v) is 4.93. The van der Waals surface area contributed by atoms with Crippen LogP contribution in [0, 0.1) is 13.8 Å². The maximum atomic E-state index is 12.1. The van der Waals surface area contributed by atoms with Crippen LogP contribution in [0.1, 0.15) is 27.0 Å². The quantitative estimate of drug-likeness (QED) is 0.905. The number of carboxylic acid groups (broad SMARTS) is 1. The largest absolute Gasteiger partial charge is 0.478 e. The fraction of sp³-hybridized carbons (Fsp3) is 0.176. The lowest BCUT2D eigenvalue weighted by atomic mass is 10.0. The Hall–Kier alpha value is -2.62. The van der Waals surface area contributed by atoms with Crippen LogP contribution in [0.2, 0.25) is 0 Å². The molecule has 2 aromatic carbocycles. The second-order valence-electron chi connectivity index (χ2n) is 4.93. The number of benzene rings is 2. The number of hydrogen-bond donors (Lipinski definition) is 2. The Kier molecular flexibility index (Phi) is 4.38. The van der Waals surface area contributed by atoms with Gasteiger partial charge in [-0.2, -0.15) is 0 Å². The second kappa shape index (κ2) is 6.22. The maximum absolute atomic E-state index is 12.1. The van der Waals surface area contributed by atoms with Crippen molar-refractivity contribution in [2.75, 3.05) is 5.32 Å². The molecule has 0 spiro atoms. The molecule has 0 aliphatic rings. The summed E-state index contributed by atoms with van der Waals surface area (Å²) >= 11 is 0. The van der Waals surface area contributed by atoms with Crippen molar-refractivity contribution < 1.29 is 14.7 Å². The standard InChI is InChI=1S/C17H17NO3/c1-11-6-5-9-15(12(11)2)18-16(19)10-13-7-3-4-8-14(13)17(20)21/h3-9H,10H2,1-2H3,(H,18,19)(H,20,21). The molecule has 4 nitrogen and oxygen atoms in total. The molecule has 0 saturated heterocycles. The average Bonchev–Trinajstić information content (AvgIpc) is 2.44. The number of aromatic carboxylic acids is 1. The Morgan fingerprint density at radius 3 is 2.48 bits per heavy atom. The SMILES string of the molecule is Cc1cccc(NC(=O)Cc2ccccc2C(=O)O)c1C. The number of anilines is 1. The van der Waals surface area contributed by atoms with E-state index < -0.39 is 5.97 Å². The zero-order valence-electron chi connectivity index (χ0n) is 12.0. The van der Waals surface area contributed by atoms with E-state index in [0.29, 0.717) is 5.56 Å². The Bertz CT molecular complexity index is 692. The van der Waals surface area contributed by atoms with Crippen LogP contribution in [0.4, 0.5) is 5.69 Å². The zero-order valence-corrected chi connectivity index (χ0v) is 12.0. The first-order valence-corrected chi connectivity index (χ1v) is 6.66. The third kappa shape index (κ3) is 3.48. The molecule has 0 aliphatic carbocycles. The predicted octanol–water partition coefficient (Wildman–Crippen LogP) is 3.18. The van der Waals surface area contributed by atoms with Gasteiger partial charge in [-0.05, 0) is 42.7 Å². The maximum Gasteiger partial charge on any atom is 0.335 e. The minimum Gasteiger partial charge on any atom is -0.478 e. The third-order valence-corrected chi connectivity index (χ3v) is 3.48. The van der Waals surface area contributed by atoms with E-state index in [1.165, 1.54) is 6.07 Å². The highest BCUT2D eigenvalue weighted by molar-refractivity contribution is 5.96. The van der Waals surface area contributed by atoms with Gasteiger partial charge >= 0.3 is 5.97 Å². The lowest BCUT2D eigenvalue weighted by molar-refractivity contribution is -0.115. The van der Waals surface area contributed by atoms with Crippen molar-refractivity contribution in [1.82, 2.24) is 0 Å². The van der Waals surface area contributed by atoms with E-state index >= 15 is 0 Å². The summed E-state index contributed by atoms with van der Waals surface area (Å²) in [4.78, 5) is 23.2. The number of aryl methyl sites for hydroxylation is 1. The first-order chi connectivity index (χ1) is 9.99. The third-order valence-electron chi connectivity index (χ3n) is 3.48. The molecule has 2 rings (SSSR count). The van der Waals surface area contributed by atoms with E-state index in [9.17, 15) is 9.59 Å². The van der Waals surface area contributed by atoms with E-state index in [1.807, 2.05) is 32.0 Å². The van der Waals surface area contributed by atoms with Gasteiger partial charge in [0.25, 0.3) is 0 Å².